The van der Waals surface area contributed by atoms with Crippen LogP contribution in [-0.2, 0) is 4.79 Å². The van der Waals surface area contributed by atoms with Gasteiger partial charge in [0.1, 0.15) is 11.6 Å². The molecule has 0 unspecified atom stereocenters. The molecule has 0 radical (unpaired) electrons. The van der Waals surface area contributed by atoms with Crippen molar-refractivity contribution in [3.8, 4) is 0 Å². The summed E-state index contributed by atoms with van der Waals surface area (Å²) in [5, 5.41) is 2.76. The van der Waals surface area contributed by atoms with E-state index in [2.05, 4.69) is 5.32 Å². The van der Waals surface area contributed by atoms with Crippen LogP contribution in [0.15, 0.2) is 18.2 Å². The molecule has 1 aromatic carbocycles. The van der Waals surface area contributed by atoms with Gasteiger partial charge in [-0.25, -0.2) is 8.78 Å². The maximum Gasteiger partial charge on any atom is 0.234 e. The molecule has 1 fully saturated rings. The van der Waals surface area contributed by atoms with Gasteiger partial charge in [0, 0.05) is 23.4 Å². The average molecular weight is 314 g/mol. The van der Waals surface area contributed by atoms with Crippen molar-refractivity contribution in [1.29, 1.82) is 0 Å². The van der Waals surface area contributed by atoms with Crippen LogP contribution in [0.5, 0.6) is 0 Å². The van der Waals surface area contributed by atoms with E-state index in [1.165, 1.54) is 12.1 Å². The monoisotopic (exact) mass is 314 g/mol. The predicted octanol–water partition coefficient (Wildman–Crippen LogP) is 2.58. The van der Waals surface area contributed by atoms with Crippen molar-refractivity contribution in [3.63, 3.8) is 0 Å². The second kappa shape index (κ2) is 7.22. The third-order valence-corrected chi connectivity index (χ3v) is 4.87. The van der Waals surface area contributed by atoms with Gasteiger partial charge in [-0.1, -0.05) is 6.07 Å². The normalized spacial score (nSPS) is 19.8. The Morgan fingerprint density at radius 2 is 2.29 bits per heavy atom. The minimum Gasteiger partial charge on any atom is -0.348 e. The van der Waals surface area contributed by atoms with Crippen LogP contribution in [0.1, 0.15) is 24.9 Å². The van der Waals surface area contributed by atoms with Gasteiger partial charge >= 0.3 is 0 Å². The Balaban J connectivity index is 1.89. The number of carbonyl (C=O) groups is 1. The molecule has 1 heterocycles. The van der Waals surface area contributed by atoms with E-state index in [9.17, 15) is 13.6 Å². The molecular formula is C15H20F2N2OS. The van der Waals surface area contributed by atoms with Crippen LogP contribution >= 0.6 is 11.8 Å². The smallest absolute Gasteiger partial charge is 0.234 e. The van der Waals surface area contributed by atoms with Gasteiger partial charge in [-0.15, -0.1) is 0 Å². The fourth-order valence-corrected chi connectivity index (χ4v) is 3.74. The van der Waals surface area contributed by atoms with E-state index < -0.39 is 17.7 Å². The van der Waals surface area contributed by atoms with Gasteiger partial charge in [-0.3, -0.25) is 9.69 Å². The zero-order valence-electron chi connectivity index (χ0n) is 12.2. The zero-order valence-corrected chi connectivity index (χ0v) is 13.1. The fraction of sp³-hybridized carbons (Fsp3) is 0.533. The Morgan fingerprint density at radius 3 is 2.90 bits per heavy atom. The molecule has 0 saturated carbocycles. The van der Waals surface area contributed by atoms with Gasteiger partial charge in [0.25, 0.3) is 0 Å². The van der Waals surface area contributed by atoms with Crippen molar-refractivity contribution >= 4 is 17.7 Å². The topological polar surface area (TPSA) is 32.3 Å². The first-order chi connectivity index (χ1) is 9.97. The molecule has 1 aromatic rings. The number of amides is 1. The molecule has 1 N–H and O–H groups in total. The molecule has 3 nitrogen and oxygen atoms in total. The summed E-state index contributed by atoms with van der Waals surface area (Å²) < 4.78 is 26.5. The van der Waals surface area contributed by atoms with Crippen molar-refractivity contribution in [1.82, 2.24) is 10.2 Å². The molecule has 2 rings (SSSR count). The third kappa shape index (κ3) is 4.41. The number of nitrogens with one attached hydrogen (secondary N) is 1. The average Bonchev–Trinajstić information content (AvgIpc) is 2.91. The van der Waals surface area contributed by atoms with Crippen molar-refractivity contribution in [3.05, 3.63) is 35.4 Å². The van der Waals surface area contributed by atoms with Gasteiger partial charge in [0.05, 0.1) is 12.6 Å². The fourth-order valence-electron chi connectivity index (χ4n) is 2.44. The highest BCUT2D eigenvalue weighted by Gasteiger charge is 2.22. The number of likely N-dealkylation sites (N-methyl/N-ethyl adjacent to an activating group) is 1. The summed E-state index contributed by atoms with van der Waals surface area (Å²) in [6.07, 6.45) is 1.09. The van der Waals surface area contributed by atoms with Crippen LogP contribution in [0.25, 0.3) is 0 Å². The van der Waals surface area contributed by atoms with E-state index in [1.54, 1.807) is 6.92 Å². The summed E-state index contributed by atoms with van der Waals surface area (Å²) in [4.78, 5) is 14.0. The van der Waals surface area contributed by atoms with Crippen molar-refractivity contribution < 1.29 is 13.6 Å². The van der Waals surface area contributed by atoms with Crippen LogP contribution in [0, 0.1) is 11.6 Å². The Labute approximate surface area is 128 Å². The van der Waals surface area contributed by atoms with E-state index in [-0.39, 0.29) is 5.91 Å². The lowest BCUT2D eigenvalue weighted by atomic mass is 10.1. The lowest BCUT2D eigenvalue weighted by Gasteiger charge is -2.24. The molecule has 21 heavy (non-hydrogen) atoms. The predicted molar refractivity (Wildman–Crippen MR) is 81.3 cm³/mol. The molecule has 0 spiro atoms. The molecule has 116 valence electrons. The lowest BCUT2D eigenvalue weighted by Crippen LogP contribution is -2.41. The molecular weight excluding hydrogens is 294 g/mol. The molecule has 1 aliphatic heterocycles. The molecule has 1 saturated heterocycles. The highest BCUT2D eigenvalue weighted by Crippen LogP contribution is 2.21. The van der Waals surface area contributed by atoms with E-state index in [4.69, 9.17) is 0 Å². The Bertz CT molecular complexity index is 506. The molecule has 2 atom stereocenters. The first kappa shape index (κ1) is 16.2. The maximum atomic E-state index is 13.7. The largest absolute Gasteiger partial charge is 0.348 e. The third-order valence-electron chi connectivity index (χ3n) is 3.73. The molecule has 0 aliphatic carbocycles. The molecule has 0 aromatic heterocycles. The summed E-state index contributed by atoms with van der Waals surface area (Å²) in [6, 6.07) is 3.35. The highest BCUT2D eigenvalue weighted by molar-refractivity contribution is 7.99. The maximum absolute atomic E-state index is 13.7. The summed E-state index contributed by atoms with van der Waals surface area (Å²) in [7, 11) is 1.93. The summed E-state index contributed by atoms with van der Waals surface area (Å²) in [6.45, 7) is 1.98. The lowest BCUT2D eigenvalue weighted by molar-refractivity contribution is -0.123. The second-order valence-corrected chi connectivity index (χ2v) is 6.54. The van der Waals surface area contributed by atoms with Gasteiger partial charge in [-0.05, 0) is 32.2 Å². The first-order valence-electron chi connectivity index (χ1n) is 6.99. The highest BCUT2D eigenvalue weighted by atomic mass is 32.2. The Hall–Kier alpha value is -1.14. The van der Waals surface area contributed by atoms with Crippen LogP contribution in [0.3, 0.4) is 0 Å². The molecule has 0 bridgehead atoms. The summed E-state index contributed by atoms with van der Waals surface area (Å²) in [5.74, 6) is 0.780. The van der Waals surface area contributed by atoms with Gasteiger partial charge < -0.3 is 5.32 Å². The van der Waals surface area contributed by atoms with Crippen LogP contribution in [0.2, 0.25) is 0 Å². The van der Waals surface area contributed by atoms with Gasteiger partial charge in [0.15, 0.2) is 0 Å². The molecule has 1 amide bonds. The van der Waals surface area contributed by atoms with Crippen molar-refractivity contribution in [2.75, 3.05) is 25.1 Å². The summed E-state index contributed by atoms with van der Waals surface area (Å²) >= 11 is 1.89. The zero-order chi connectivity index (χ0) is 15.4. The summed E-state index contributed by atoms with van der Waals surface area (Å²) in [5.41, 5.74) is 0.295. The number of nitrogens with zero attached hydrogens (tertiary/aromatic N) is 1. The number of carbonyl (C=O) groups excluding carboxylic acids is 1. The number of halogens is 2. The van der Waals surface area contributed by atoms with E-state index in [1.807, 2.05) is 23.7 Å². The van der Waals surface area contributed by atoms with E-state index in [0.717, 1.165) is 24.0 Å². The molecule has 1 aliphatic rings. The Kier molecular flexibility index (Phi) is 5.58. The quantitative estimate of drug-likeness (QED) is 0.906. The van der Waals surface area contributed by atoms with Crippen LogP contribution in [-0.4, -0.2) is 41.9 Å². The number of hydrogen-bond acceptors (Lipinski definition) is 3. The number of thioether (sulfide) groups is 1. The number of benzene rings is 1. The van der Waals surface area contributed by atoms with Gasteiger partial charge in [-0.2, -0.15) is 11.8 Å². The standard InChI is InChI=1S/C15H20F2N2OS/c1-10(13-4-3-11(16)7-14(13)17)18-15(20)8-19(2)12-5-6-21-9-12/h3-4,7,10,12H,5-6,8-9H2,1-2H3,(H,18,20)/t10-,12-/m0/s1. The van der Waals surface area contributed by atoms with E-state index in [0.29, 0.717) is 18.2 Å². The van der Waals surface area contributed by atoms with E-state index >= 15 is 0 Å². The van der Waals surface area contributed by atoms with Crippen LogP contribution in [0.4, 0.5) is 8.78 Å². The first-order valence-corrected chi connectivity index (χ1v) is 8.15. The second-order valence-electron chi connectivity index (χ2n) is 5.39. The molecule has 6 heteroatoms. The van der Waals surface area contributed by atoms with Crippen molar-refractivity contribution in [2.45, 2.75) is 25.4 Å². The minimum absolute atomic E-state index is 0.148. The van der Waals surface area contributed by atoms with Crippen LogP contribution < -0.4 is 5.32 Å². The number of rotatable bonds is 5. The Morgan fingerprint density at radius 1 is 1.52 bits per heavy atom. The van der Waals surface area contributed by atoms with Gasteiger partial charge in [0.2, 0.25) is 5.91 Å². The minimum atomic E-state index is -0.636. The number of hydrogen-bond donors (Lipinski definition) is 1. The van der Waals surface area contributed by atoms with Crippen molar-refractivity contribution in [2.24, 2.45) is 0 Å². The SMILES string of the molecule is C[C@H](NC(=O)CN(C)[C@H]1CCSC1)c1ccc(F)cc1F.